The van der Waals surface area contributed by atoms with E-state index in [4.69, 9.17) is 9.47 Å². The molecule has 27 heavy (non-hydrogen) atoms. The maximum absolute atomic E-state index is 12.1. The molecule has 0 saturated heterocycles. The molecule has 2 aromatic rings. The molecule has 0 spiro atoms. The second kappa shape index (κ2) is 9.18. The van der Waals surface area contributed by atoms with E-state index in [0.29, 0.717) is 16.1 Å². The lowest BCUT2D eigenvalue weighted by Crippen LogP contribution is -2.22. The molecule has 1 aromatic heterocycles. The van der Waals surface area contributed by atoms with E-state index in [2.05, 4.69) is 5.32 Å². The Morgan fingerprint density at radius 2 is 1.78 bits per heavy atom. The molecule has 2 N–H and O–H groups in total. The Morgan fingerprint density at radius 3 is 2.41 bits per heavy atom. The van der Waals surface area contributed by atoms with E-state index in [0.717, 1.165) is 10.4 Å². The second-order valence-electron chi connectivity index (χ2n) is 5.76. The fourth-order valence-electron chi connectivity index (χ4n) is 2.30. The maximum Gasteiger partial charge on any atom is 0.341 e. The molecular weight excluding hydrogens is 370 g/mol. The number of thiophene rings is 1. The molecule has 8 heteroatoms. The van der Waals surface area contributed by atoms with Crippen LogP contribution in [-0.4, -0.2) is 36.2 Å². The molecule has 0 radical (unpaired) electrons. The van der Waals surface area contributed by atoms with Gasteiger partial charge in [-0.05, 0) is 44.0 Å². The SMILES string of the molecule is CCOC(=O)c1c(NC(=O)COC(=O)Cc2ccc(O)cc2)sc(C)c1C. The molecule has 0 aliphatic heterocycles. The maximum atomic E-state index is 12.1. The summed E-state index contributed by atoms with van der Waals surface area (Å²) in [5.41, 5.74) is 1.73. The van der Waals surface area contributed by atoms with Gasteiger partial charge in [0.25, 0.3) is 5.91 Å². The minimum atomic E-state index is -0.569. The normalized spacial score (nSPS) is 10.3. The van der Waals surface area contributed by atoms with Crippen molar-refractivity contribution in [2.75, 3.05) is 18.5 Å². The minimum Gasteiger partial charge on any atom is -0.508 e. The topological polar surface area (TPSA) is 102 Å². The summed E-state index contributed by atoms with van der Waals surface area (Å²) in [6.45, 7) is 5.10. The number of phenols is 1. The quantitative estimate of drug-likeness (QED) is 0.704. The first-order valence-electron chi connectivity index (χ1n) is 8.32. The minimum absolute atomic E-state index is 0.0150. The largest absolute Gasteiger partial charge is 0.508 e. The zero-order chi connectivity index (χ0) is 20.0. The molecule has 0 saturated carbocycles. The van der Waals surface area contributed by atoms with Crippen LogP contribution >= 0.6 is 11.3 Å². The van der Waals surface area contributed by atoms with Crippen molar-refractivity contribution < 1.29 is 29.0 Å². The van der Waals surface area contributed by atoms with Crippen LogP contribution in [0.3, 0.4) is 0 Å². The van der Waals surface area contributed by atoms with Gasteiger partial charge < -0.3 is 19.9 Å². The standard InChI is InChI=1S/C19H21NO6S/c1-4-25-19(24)17-11(2)12(3)27-18(17)20-15(22)10-26-16(23)9-13-5-7-14(21)8-6-13/h5-8,21H,4,9-10H2,1-3H3,(H,20,22). The summed E-state index contributed by atoms with van der Waals surface area (Å²) in [6.07, 6.45) is -0.0150. The van der Waals surface area contributed by atoms with Gasteiger partial charge in [-0.2, -0.15) is 0 Å². The molecule has 0 fully saturated rings. The number of anilines is 1. The van der Waals surface area contributed by atoms with Crippen LogP contribution in [-0.2, 0) is 25.5 Å². The number of carbonyl (C=O) groups is 3. The molecular formula is C19H21NO6S. The summed E-state index contributed by atoms with van der Waals surface area (Å²) in [5, 5.41) is 12.2. The smallest absolute Gasteiger partial charge is 0.341 e. The molecule has 1 amide bonds. The van der Waals surface area contributed by atoms with Gasteiger partial charge in [0.2, 0.25) is 0 Å². The number of carbonyl (C=O) groups excluding carboxylic acids is 3. The predicted octanol–water partition coefficient (Wildman–Crippen LogP) is 2.97. The van der Waals surface area contributed by atoms with Crippen LogP contribution in [0, 0.1) is 13.8 Å². The molecule has 0 bridgehead atoms. The molecule has 2 rings (SSSR count). The van der Waals surface area contributed by atoms with Crippen LogP contribution in [0.25, 0.3) is 0 Å². The third-order valence-electron chi connectivity index (χ3n) is 3.77. The molecule has 7 nitrogen and oxygen atoms in total. The van der Waals surface area contributed by atoms with E-state index in [1.807, 2.05) is 6.92 Å². The number of hydrogen-bond acceptors (Lipinski definition) is 7. The zero-order valence-electron chi connectivity index (χ0n) is 15.3. The van der Waals surface area contributed by atoms with E-state index in [-0.39, 0.29) is 18.8 Å². The Hall–Kier alpha value is -2.87. The predicted molar refractivity (Wildman–Crippen MR) is 101 cm³/mol. The summed E-state index contributed by atoms with van der Waals surface area (Å²) in [6, 6.07) is 6.13. The Balaban J connectivity index is 1.94. The first-order valence-corrected chi connectivity index (χ1v) is 9.14. The number of phenolic OH excluding ortho intramolecular Hbond substituents is 1. The van der Waals surface area contributed by atoms with Gasteiger partial charge in [-0.3, -0.25) is 9.59 Å². The highest BCUT2D eigenvalue weighted by molar-refractivity contribution is 7.16. The van der Waals surface area contributed by atoms with Crippen molar-refractivity contribution in [1.29, 1.82) is 0 Å². The number of esters is 2. The summed E-state index contributed by atoms with van der Waals surface area (Å²) in [7, 11) is 0. The number of hydrogen-bond donors (Lipinski definition) is 2. The lowest BCUT2D eigenvalue weighted by atomic mass is 10.1. The average molecular weight is 391 g/mol. The van der Waals surface area contributed by atoms with E-state index in [1.165, 1.54) is 23.5 Å². The van der Waals surface area contributed by atoms with Crippen molar-refractivity contribution in [3.63, 3.8) is 0 Å². The highest BCUT2D eigenvalue weighted by Gasteiger charge is 2.22. The lowest BCUT2D eigenvalue weighted by molar-refractivity contribution is -0.146. The van der Waals surface area contributed by atoms with Gasteiger partial charge in [0.05, 0.1) is 18.6 Å². The van der Waals surface area contributed by atoms with Crippen LogP contribution in [0.2, 0.25) is 0 Å². The third kappa shape index (κ3) is 5.55. The highest BCUT2D eigenvalue weighted by atomic mass is 32.1. The van der Waals surface area contributed by atoms with Crippen molar-refractivity contribution in [1.82, 2.24) is 0 Å². The summed E-state index contributed by atoms with van der Waals surface area (Å²) in [5.74, 6) is -1.51. The monoisotopic (exact) mass is 391 g/mol. The van der Waals surface area contributed by atoms with Crippen LogP contribution in [0.5, 0.6) is 5.75 Å². The number of nitrogens with one attached hydrogen (secondary N) is 1. The highest BCUT2D eigenvalue weighted by Crippen LogP contribution is 2.33. The number of benzene rings is 1. The Kier molecular flexibility index (Phi) is 6.95. The third-order valence-corrected chi connectivity index (χ3v) is 4.89. The number of amides is 1. The molecule has 144 valence electrons. The fraction of sp³-hybridized carbons (Fsp3) is 0.316. The number of aryl methyl sites for hydroxylation is 1. The van der Waals surface area contributed by atoms with E-state index in [1.54, 1.807) is 26.0 Å². The molecule has 1 aromatic carbocycles. The molecule has 1 heterocycles. The van der Waals surface area contributed by atoms with Gasteiger partial charge in [0, 0.05) is 4.88 Å². The van der Waals surface area contributed by atoms with Gasteiger partial charge in [-0.1, -0.05) is 12.1 Å². The summed E-state index contributed by atoms with van der Waals surface area (Å²) >= 11 is 1.26. The van der Waals surface area contributed by atoms with Crippen LogP contribution < -0.4 is 5.32 Å². The van der Waals surface area contributed by atoms with Crippen molar-refractivity contribution in [2.45, 2.75) is 27.2 Å². The van der Waals surface area contributed by atoms with Crippen molar-refractivity contribution in [3.8, 4) is 5.75 Å². The Morgan fingerprint density at radius 1 is 1.11 bits per heavy atom. The summed E-state index contributed by atoms with van der Waals surface area (Å²) < 4.78 is 10.0. The van der Waals surface area contributed by atoms with Crippen LogP contribution in [0.4, 0.5) is 5.00 Å². The zero-order valence-corrected chi connectivity index (χ0v) is 16.1. The molecule has 0 aliphatic carbocycles. The van der Waals surface area contributed by atoms with Crippen molar-refractivity contribution >= 4 is 34.2 Å². The van der Waals surface area contributed by atoms with Gasteiger partial charge in [-0.25, -0.2) is 4.79 Å². The van der Waals surface area contributed by atoms with Gasteiger partial charge >= 0.3 is 11.9 Å². The van der Waals surface area contributed by atoms with Gasteiger partial charge in [-0.15, -0.1) is 11.3 Å². The number of rotatable bonds is 7. The first kappa shape index (κ1) is 20.4. The van der Waals surface area contributed by atoms with E-state index < -0.39 is 24.5 Å². The van der Waals surface area contributed by atoms with Crippen LogP contribution in [0.15, 0.2) is 24.3 Å². The van der Waals surface area contributed by atoms with Gasteiger partial charge in [0.15, 0.2) is 6.61 Å². The second-order valence-corrected chi connectivity index (χ2v) is 6.98. The van der Waals surface area contributed by atoms with E-state index in [9.17, 15) is 19.5 Å². The van der Waals surface area contributed by atoms with Gasteiger partial charge in [0.1, 0.15) is 10.8 Å². The number of aromatic hydroxyl groups is 1. The lowest BCUT2D eigenvalue weighted by Gasteiger charge is -2.08. The Bertz CT molecular complexity index is 841. The Labute approximate surface area is 160 Å². The molecule has 0 aliphatic rings. The van der Waals surface area contributed by atoms with Crippen LogP contribution in [0.1, 0.15) is 33.3 Å². The average Bonchev–Trinajstić information content (AvgIpc) is 2.89. The number of ether oxygens (including phenoxy) is 2. The van der Waals surface area contributed by atoms with Crippen molar-refractivity contribution in [3.05, 3.63) is 45.8 Å². The molecule has 0 atom stereocenters. The summed E-state index contributed by atoms with van der Waals surface area (Å²) in [4.78, 5) is 36.9. The van der Waals surface area contributed by atoms with E-state index >= 15 is 0 Å². The van der Waals surface area contributed by atoms with Crippen molar-refractivity contribution in [2.24, 2.45) is 0 Å². The fourth-order valence-corrected chi connectivity index (χ4v) is 3.37. The molecule has 0 unspecified atom stereocenters. The first-order chi connectivity index (χ1) is 12.8.